The largest absolute Gasteiger partial charge is 0.493 e. The summed E-state index contributed by atoms with van der Waals surface area (Å²) in [5.74, 6) is 0.655. The van der Waals surface area contributed by atoms with Gasteiger partial charge in [0.05, 0.1) is 13.0 Å². The average molecular weight is 406 g/mol. The number of methoxy groups -OCH3 is 1. The van der Waals surface area contributed by atoms with E-state index in [0.29, 0.717) is 23.0 Å². The van der Waals surface area contributed by atoms with Crippen molar-refractivity contribution in [2.75, 3.05) is 7.11 Å². The molecule has 1 aromatic heterocycles. The summed E-state index contributed by atoms with van der Waals surface area (Å²) in [5.41, 5.74) is 9.41. The molecule has 8 heteroatoms. The number of rotatable bonds is 5. The van der Waals surface area contributed by atoms with Crippen LogP contribution in [0.2, 0.25) is 0 Å². The van der Waals surface area contributed by atoms with Crippen LogP contribution in [0.15, 0.2) is 53.9 Å². The molecule has 0 saturated heterocycles. The van der Waals surface area contributed by atoms with E-state index in [9.17, 15) is 9.65 Å². The average Bonchev–Trinajstić information content (AvgIpc) is 3.12. The molecule has 0 amide bonds. The fourth-order valence-electron chi connectivity index (χ4n) is 3.46. The number of ether oxygens (including phenoxy) is 3. The molecule has 0 radical (unpaired) electrons. The van der Waals surface area contributed by atoms with Gasteiger partial charge in [0.15, 0.2) is 11.5 Å². The van der Waals surface area contributed by atoms with E-state index in [4.69, 9.17) is 19.9 Å². The molecule has 1 aliphatic rings. The molecule has 0 bridgehead atoms. The first-order valence-electron chi connectivity index (χ1n) is 9.19. The predicted molar refractivity (Wildman–Crippen MR) is 106 cm³/mol. The van der Waals surface area contributed by atoms with Crippen molar-refractivity contribution in [3.8, 4) is 23.4 Å². The van der Waals surface area contributed by atoms with Gasteiger partial charge in [-0.2, -0.15) is 5.26 Å². The first-order chi connectivity index (χ1) is 14.5. The Hall–Kier alpha value is -3.99. The molecule has 1 atom stereocenters. The van der Waals surface area contributed by atoms with Gasteiger partial charge < -0.3 is 19.9 Å². The zero-order chi connectivity index (χ0) is 21.3. The zero-order valence-electron chi connectivity index (χ0n) is 16.4. The molecule has 0 spiro atoms. The SMILES string of the molecule is COc1cc([C@H]2C(C#N)=C(N)Oc3n[nH]c(C)c32)ccc1OCc1ccc(F)cc1. The van der Waals surface area contributed by atoms with Crippen LogP contribution in [0.25, 0.3) is 0 Å². The first-order valence-corrected chi connectivity index (χ1v) is 9.19. The third-order valence-corrected chi connectivity index (χ3v) is 4.96. The van der Waals surface area contributed by atoms with Crippen molar-refractivity contribution in [1.82, 2.24) is 10.2 Å². The summed E-state index contributed by atoms with van der Waals surface area (Å²) < 4.78 is 29.9. The number of nitrogens with zero attached hydrogens (tertiary/aromatic N) is 2. The van der Waals surface area contributed by atoms with Gasteiger partial charge in [0.25, 0.3) is 0 Å². The topological polar surface area (TPSA) is 106 Å². The second kappa shape index (κ2) is 7.79. The van der Waals surface area contributed by atoms with Gasteiger partial charge in [-0.05, 0) is 42.3 Å². The van der Waals surface area contributed by atoms with Crippen LogP contribution in [0.3, 0.4) is 0 Å². The summed E-state index contributed by atoms with van der Waals surface area (Å²) in [4.78, 5) is 0. The molecule has 4 rings (SSSR count). The third-order valence-electron chi connectivity index (χ3n) is 4.96. The van der Waals surface area contributed by atoms with E-state index in [-0.39, 0.29) is 18.3 Å². The number of allylic oxidation sites excluding steroid dienone is 1. The quantitative estimate of drug-likeness (QED) is 0.670. The highest BCUT2D eigenvalue weighted by Gasteiger charge is 2.34. The molecule has 3 N–H and O–H groups in total. The van der Waals surface area contributed by atoms with Gasteiger partial charge in [0, 0.05) is 11.3 Å². The normalized spacial score (nSPS) is 15.2. The zero-order valence-corrected chi connectivity index (χ0v) is 16.4. The van der Waals surface area contributed by atoms with Crippen molar-refractivity contribution in [3.63, 3.8) is 0 Å². The van der Waals surface area contributed by atoms with Gasteiger partial charge in [-0.25, -0.2) is 4.39 Å². The molecule has 30 heavy (non-hydrogen) atoms. The van der Waals surface area contributed by atoms with Gasteiger partial charge in [-0.15, -0.1) is 5.10 Å². The number of aryl methyl sites for hydroxylation is 1. The summed E-state index contributed by atoms with van der Waals surface area (Å²) in [6.07, 6.45) is 0. The van der Waals surface area contributed by atoms with Gasteiger partial charge >= 0.3 is 0 Å². The number of aromatic nitrogens is 2. The lowest BCUT2D eigenvalue weighted by atomic mass is 9.84. The number of hydrogen-bond acceptors (Lipinski definition) is 6. The minimum Gasteiger partial charge on any atom is -0.493 e. The molecular weight excluding hydrogens is 387 g/mol. The fraction of sp³-hybridized carbons (Fsp3) is 0.182. The molecule has 1 aliphatic heterocycles. The van der Waals surface area contributed by atoms with Crippen molar-refractivity contribution in [2.45, 2.75) is 19.4 Å². The van der Waals surface area contributed by atoms with Crippen LogP contribution in [0, 0.1) is 24.1 Å². The van der Waals surface area contributed by atoms with Crippen molar-refractivity contribution in [2.24, 2.45) is 5.73 Å². The molecule has 7 nitrogen and oxygen atoms in total. The van der Waals surface area contributed by atoms with E-state index in [1.807, 2.05) is 13.0 Å². The highest BCUT2D eigenvalue weighted by atomic mass is 19.1. The van der Waals surface area contributed by atoms with Crippen molar-refractivity contribution < 1.29 is 18.6 Å². The number of hydrogen-bond donors (Lipinski definition) is 2. The fourth-order valence-corrected chi connectivity index (χ4v) is 3.46. The minimum absolute atomic E-state index is 0.0251. The van der Waals surface area contributed by atoms with Gasteiger partial charge in [0.1, 0.15) is 24.1 Å². The lowest BCUT2D eigenvalue weighted by Gasteiger charge is -2.24. The molecule has 3 aromatic rings. The lowest BCUT2D eigenvalue weighted by molar-refractivity contribution is 0.284. The molecule has 0 unspecified atom stereocenters. The number of nitrogens with one attached hydrogen (secondary N) is 1. The van der Waals surface area contributed by atoms with Crippen LogP contribution in [-0.4, -0.2) is 17.3 Å². The van der Waals surface area contributed by atoms with Crippen LogP contribution in [0.1, 0.15) is 28.3 Å². The van der Waals surface area contributed by atoms with E-state index < -0.39 is 5.92 Å². The number of halogens is 1. The number of H-pyrrole nitrogens is 1. The number of nitriles is 1. The summed E-state index contributed by atoms with van der Waals surface area (Å²) in [6.45, 7) is 2.12. The van der Waals surface area contributed by atoms with E-state index in [1.165, 1.54) is 19.2 Å². The van der Waals surface area contributed by atoms with E-state index in [2.05, 4.69) is 16.3 Å². The number of nitrogens with two attached hydrogens (primary N) is 1. The number of fused-ring (bicyclic) bond motifs is 1. The van der Waals surface area contributed by atoms with Crippen LogP contribution in [0.5, 0.6) is 17.4 Å². The second-order valence-electron chi connectivity index (χ2n) is 6.82. The molecule has 152 valence electrons. The highest BCUT2D eigenvalue weighted by Crippen LogP contribution is 2.44. The Morgan fingerprint density at radius 2 is 2.00 bits per heavy atom. The molecule has 0 fully saturated rings. The molecule has 0 aliphatic carbocycles. The monoisotopic (exact) mass is 406 g/mol. The maximum absolute atomic E-state index is 13.1. The molecule has 2 heterocycles. The van der Waals surface area contributed by atoms with E-state index in [0.717, 1.165) is 22.4 Å². The van der Waals surface area contributed by atoms with Crippen molar-refractivity contribution in [1.29, 1.82) is 5.26 Å². The Balaban J connectivity index is 1.68. The predicted octanol–water partition coefficient (Wildman–Crippen LogP) is 3.66. The summed E-state index contributed by atoms with van der Waals surface area (Å²) in [7, 11) is 1.54. The van der Waals surface area contributed by atoms with E-state index in [1.54, 1.807) is 24.3 Å². The summed E-state index contributed by atoms with van der Waals surface area (Å²) in [6, 6.07) is 13.7. The maximum Gasteiger partial charge on any atom is 0.244 e. The Kier molecular flexibility index (Phi) is 5.02. The second-order valence-corrected chi connectivity index (χ2v) is 6.82. The number of benzene rings is 2. The Labute approximate surface area is 172 Å². The standard InChI is InChI=1S/C22H19FN4O3/c1-12-19-20(16(10-24)21(25)30-22(19)27-26-12)14-5-8-17(18(9-14)28-2)29-11-13-3-6-15(23)7-4-13/h3-9,20H,11,25H2,1-2H3,(H,26,27)/t20-/m0/s1. The summed E-state index contributed by atoms with van der Waals surface area (Å²) >= 11 is 0. The first kappa shape index (κ1) is 19.3. The smallest absolute Gasteiger partial charge is 0.244 e. The third kappa shape index (κ3) is 3.42. The molecular formula is C22H19FN4O3. The van der Waals surface area contributed by atoms with Crippen molar-refractivity contribution in [3.05, 3.63) is 82.1 Å². The van der Waals surface area contributed by atoms with Crippen LogP contribution >= 0.6 is 0 Å². The van der Waals surface area contributed by atoms with Gasteiger partial charge in [-0.1, -0.05) is 18.2 Å². The molecule has 2 aromatic carbocycles. The van der Waals surface area contributed by atoms with Crippen LogP contribution in [0.4, 0.5) is 4.39 Å². The Bertz CT molecular complexity index is 1160. The molecule has 0 saturated carbocycles. The minimum atomic E-state index is -0.447. The highest BCUT2D eigenvalue weighted by molar-refractivity contribution is 5.57. The number of aromatic amines is 1. The Morgan fingerprint density at radius 3 is 2.70 bits per heavy atom. The van der Waals surface area contributed by atoms with Gasteiger partial charge in [-0.3, -0.25) is 5.10 Å². The Morgan fingerprint density at radius 1 is 1.23 bits per heavy atom. The van der Waals surface area contributed by atoms with Crippen LogP contribution < -0.4 is 19.9 Å². The van der Waals surface area contributed by atoms with Gasteiger partial charge in [0.2, 0.25) is 11.8 Å². The maximum atomic E-state index is 13.1. The van der Waals surface area contributed by atoms with Crippen LogP contribution in [-0.2, 0) is 6.61 Å². The van der Waals surface area contributed by atoms with E-state index >= 15 is 0 Å². The summed E-state index contributed by atoms with van der Waals surface area (Å²) in [5, 5.41) is 16.7. The van der Waals surface area contributed by atoms with Crippen molar-refractivity contribution >= 4 is 0 Å². The lowest BCUT2D eigenvalue weighted by Crippen LogP contribution is -2.21.